The van der Waals surface area contributed by atoms with E-state index in [4.69, 9.17) is 5.73 Å². The Bertz CT molecular complexity index is 435. The minimum atomic E-state index is -0.406. The minimum absolute atomic E-state index is 0.406. The van der Waals surface area contributed by atoms with Crippen molar-refractivity contribution in [2.45, 2.75) is 19.8 Å². The molecule has 1 fully saturated rings. The average molecular weight is 262 g/mol. The Morgan fingerprint density at radius 2 is 2.47 bits per heavy atom. The molecule has 1 unspecified atom stereocenters. The lowest BCUT2D eigenvalue weighted by molar-refractivity contribution is 0.100. The molecule has 1 aromatic rings. The molecular weight excluding hydrogens is 240 g/mol. The van der Waals surface area contributed by atoms with Crippen LogP contribution in [0.2, 0.25) is 0 Å². The van der Waals surface area contributed by atoms with Crippen molar-refractivity contribution in [1.29, 1.82) is 0 Å². The van der Waals surface area contributed by atoms with Gasteiger partial charge >= 0.3 is 0 Å². The van der Waals surface area contributed by atoms with E-state index in [1.54, 1.807) is 18.3 Å². The first-order valence-electron chi connectivity index (χ1n) is 6.92. The first-order valence-corrected chi connectivity index (χ1v) is 6.92. The number of aromatic nitrogens is 1. The molecule has 0 bridgehead atoms. The molecule has 0 aliphatic carbocycles. The number of nitrogens with two attached hydrogens (primary N) is 1. The number of hydrogen-bond acceptors (Lipinski definition) is 4. The molecule has 1 aromatic heterocycles. The van der Waals surface area contributed by atoms with E-state index in [1.165, 1.54) is 6.42 Å². The summed E-state index contributed by atoms with van der Waals surface area (Å²) in [6, 6.07) is 3.50. The van der Waals surface area contributed by atoms with Crippen LogP contribution in [0.1, 0.15) is 30.1 Å². The van der Waals surface area contributed by atoms with Crippen LogP contribution in [0.4, 0.5) is 5.82 Å². The van der Waals surface area contributed by atoms with Gasteiger partial charge in [0.05, 0.1) is 5.56 Å². The Hall–Kier alpha value is -1.62. The quantitative estimate of drug-likeness (QED) is 0.830. The van der Waals surface area contributed by atoms with E-state index in [2.05, 4.69) is 22.1 Å². The van der Waals surface area contributed by atoms with Gasteiger partial charge < -0.3 is 16.0 Å². The summed E-state index contributed by atoms with van der Waals surface area (Å²) in [7, 11) is 0. The number of nitrogens with zero attached hydrogens (tertiary/aromatic N) is 2. The smallest absolute Gasteiger partial charge is 0.252 e. The highest BCUT2D eigenvalue weighted by Gasteiger charge is 2.23. The van der Waals surface area contributed by atoms with Crippen LogP contribution in [0.3, 0.4) is 0 Å². The number of pyridine rings is 1. The Morgan fingerprint density at radius 3 is 3.21 bits per heavy atom. The Balaban J connectivity index is 2.11. The molecule has 1 aliphatic rings. The molecule has 1 amide bonds. The Labute approximate surface area is 114 Å². The van der Waals surface area contributed by atoms with Gasteiger partial charge in [-0.1, -0.05) is 6.92 Å². The second-order valence-corrected chi connectivity index (χ2v) is 5.00. The third-order valence-corrected chi connectivity index (χ3v) is 3.55. The van der Waals surface area contributed by atoms with E-state index < -0.39 is 5.91 Å². The normalized spacial score (nSPS) is 19.4. The lowest BCUT2D eigenvalue weighted by Gasteiger charge is -2.34. The van der Waals surface area contributed by atoms with Crippen molar-refractivity contribution in [3.8, 4) is 0 Å². The van der Waals surface area contributed by atoms with Crippen LogP contribution in [-0.2, 0) is 0 Å². The second kappa shape index (κ2) is 6.52. The molecule has 0 aromatic carbocycles. The lowest BCUT2D eigenvalue weighted by Crippen LogP contribution is -2.41. The number of rotatable bonds is 5. The van der Waals surface area contributed by atoms with Gasteiger partial charge in [0.2, 0.25) is 0 Å². The van der Waals surface area contributed by atoms with E-state index in [0.29, 0.717) is 11.5 Å². The van der Waals surface area contributed by atoms with Crippen LogP contribution in [0.5, 0.6) is 0 Å². The molecule has 104 valence electrons. The van der Waals surface area contributed by atoms with Crippen LogP contribution < -0.4 is 16.0 Å². The largest absolute Gasteiger partial charge is 0.365 e. The monoisotopic (exact) mass is 262 g/mol. The molecule has 1 saturated heterocycles. The highest BCUT2D eigenvalue weighted by molar-refractivity contribution is 5.97. The highest BCUT2D eigenvalue weighted by atomic mass is 16.1. The van der Waals surface area contributed by atoms with Crippen molar-refractivity contribution < 1.29 is 4.79 Å². The zero-order valence-corrected chi connectivity index (χ0v) is 11.4. The molecular formula is C14H22N4O. The first-order chi connectivity index (χ1) is 9.22. The summed E-state index contributed by atoms with van der Waals surface area (Å²) >= 11 is 0. The summed E-state index contributed by atoms with van der Waals surface area (Å²) < 4.78 is 0. The Morgan fingerprint density at radius 1 is 1.63 bits per heavy atom. The zero-order chi connectivity index (χ0) is 13.7. The summed E-state index contributed by atoms with van der Waals surface area (Å²) in [4.78, 5) is 18.0. The lowest BCUT2D eigenvalue weighted by atomic mass is 9.97. The molecule has 19 heavy (non-hydrogen) atoms. The summed E-state index contributed by atoms with van der Waals surface area (Å²) in [5.41, 5.74) is 5.94. The molecule has 5 heteroatoms. The first kappa shape index (κ1) is 13.8. The van der Waals surface area contributed by atoms with Crippen LogP contribution in [-0.4, -0.2) is 37.1 Å². The van der Waals surface area contributed by atoms with Crippen molar-refractivity contribution in [2.24, 2.45) is 11.7 Å². The zero-order valence-electron chi connectivity index (χ0n) is 11.4. The maximum Gasteiger partial charge on any atom is 0.252 e. The van der Waals surface area contributed by atoms with Crippen LogP contribution in [0, 0.1) is 5.92 Å². The van der Waals surface area contributed by atoms with Crippen molar-refractivity contribution in [3.63, 3.8) is 0 Å². The van der Waals surface area contributed by atoms with E-state index in [-0.39, 0.29) is 0 Å². The number of amides is 1. The fourth-order valence-corrected chi connectivity index (χ4v) is 2.61. The van der Waals surface area contributed by atoms with Gasteiger partial charge in [-0.25, -0.2) is 4.98 Å². The molecule has 3 N–H and O–H groups in total. The van der Waals surface area contributed by atoms with Gasteiger partial charge in [-0.05, 0) is 44.0 Å². The number of anilines is 1. The number of carbonyl (C=O) groups excluding carboxylic acids is 1. The molecule has 1 atom stereocenters. The third kappa shape index (κ3) is 3.44. The summed E-state index contributed by atoms with van der Waals surface area (Å²) in [6.07, 6.45) is 4.07. The van der Waals surface area contributed by atoms with E-state index in [0.717, 1.165) is 38.4 Å². The molecule has 2 rings (SSSR count). The fraction of sp³-hybridized carbons (Fsp3) is 0.571. The van der Waals surface area contributed by atoms with Gasteiger partial charge in [-0.2, -0.15) is 0 Å². The standard InChI is InChI=1S/C14H22N4O/c1-2-16-9-11-5-4-8-18(10-11)14-12(13(15)19)6-3-7-17-14/h3,6-7,11,16H,2,4-5,8-10H2,1H3,(H2,15,19). The maximum absolute atomic E-state index is 11.5. The molecule has 0 saturated carbocycles. The fourth-order valence-electron chi connectivity index (χ4n) is 2.61. The summed E-state index contributed by atoms with van der Waals surface area (Å²) in [5, 5.41) is 3.39. The number of hydrogen-bond donors (Lipinski definition) is 2. The second-order valence-electron chi connectivity index (χ2n) is 5.00. The van der Waals surface area contributed by atoms with Gasteiger partial charge in [0.15, 0.2) is 0 Å². The molecule has 1 aliphatic heterocycles. The van der Waals surface area contributed by atoms with Crippen molar-refractivity contribution in [2.75, 3.05) is 31.1 Å². The minimum Gasteiger partial charge on any atom is -0.365 e. The van der Waals surface area contributed by atoms with Crippen LogP contribution >= 0.6 is 0 Å². The van der Waals surface area contributed by atoms with Crippen molar-refractivity contribution >= 4 is 11.7 Å². The predicted molar refractivity (Wildman–Crippen MR) is 76.2 cm³/mol. The van der Waals surface area contributed by atoms with Crippen molar-refractivity contribution in [3.05, 3.63) is 23.9 Å². The summed E-state index contributed by atoms with van der Waals surface area (Å²) in [5.74, 6) is 0.935. The topological polar surface area (TPSA) is 71.2 Å². The van der Waals surface area contributed by atoms with Gasteiger partial charge in [-0.3, -0.25) is 4.79 Å². The van der Waals surface area contributed by atoms with Gasteiger partial charge in [0.1, 0.15) is 5.82 Å². The van der Waals surface area contributed by atoms with E-state index >= 15 is 0 Å². The number of piperidine rings is 1. The molecule has 2 heterocycles. The van der Waals surface area contributed by atoms with Gasteiger partial charge in [0.25, 0.3) is 5.91 Å². The van der Waals surface area contributed by atoms with E-state index in [1.807, 2.05) is 0 Å². The van der Waals surface area contributed by atoms with Gasteiger partial charge in [0, 0.05) is 19.3 Å². The summed E-state index contributed by atoms with van der Waals surface area (Å²) in [6.45, 7) is 6.01. The number of carbonyl (C=O) groups is 1. The van der Waals surface area contributed by atoms with Crippen LogP contribution in [0.15, 0.2) is 18.3 Å². The average Bonchev–Trinajstić information content (AvgIpc) is 2.45. The van der Waals surface area contributed by atoms with Crippen LogP contribution in [0.25, 0.3) is 0 Å². The molecule has 5 nitrogen and oxygen atoms in total. The Kier molecular flexibility index (Phi) is 4.74. The SMILES string of the molecule is CCNCC1CCCN(c2ncccc2C(N)=O)C1. The number of nitrogens with one attached hydrogen (secondary N) is 1. The third-order valence-electron chi connectivity index (χ3n) is 3.55. The van der Waals surface area contributed by atoms with Crippen molar-refractivity contribution in [1.82, 2.24) is 10.3 Å². The predicted octanol–water partition coefficient (Wildman–Crippen LogP) is 1.01. The van der Waals surface area contributed by atoms with Gasteiger partial charge in [-0.15, -0.1) is 0 Å². The molecule has 0 radical (unpaired) electrons. The highest BCUT2D eigenvalue weighted by Crippen LogP contribution is 2.23. The molecule has 0 spiro atoms. The number of primary amides is 1. The maximum atomic E-state index is 11.5. The van der Waals surface area contributed by atoms with E-state index in [9.17, 15) is 4.79 Å².